The lowest BCUT2D eigenvalue weighted by molar-refractivity contribution is -0.138. The van der Waals surface area contributed by atoms with Gasteiger partial charge in [-0.3, -0.25) is 4.79 Å². The monoisotopic (exact) mass is 297 g/mol. The molecule has 2 aromatic carbocycles. The number of benzene rings is 2. The maximum absolute atomic E-state index is 12.4. The van der Waals surface area contributed by atoms with Crippen molar-refractivity contribution in [3.63, 3.8) is 0 Å². The van der Waals surface area contributed by atoms with Crippen molar-refractivity contribution >= 4 is 11.9 Å². The molecule has 2 aromatic rings. The van der Waals surface area contributed by atoms with Crippen LogP contribution in [0.1, 0.15) is 27.6 Å². The second kappa shape index (κ2) is 6.89. The number of hydrogen-bond acceptors (Lipinski definition) is 3. The Balaban J connectivity index is 2.29. The average molecular weight is 297 g/mol. The Bertz CT molecular complexity index is 665. The van der Waals surface area contributed by atoms with Gasteiger partial charge < -0.3 is 9.64 Å². The van der Waals surface area contributed by atoms with Gasteiger partial charge in [0.05, 0.1) is 5.56 Å². The molecule has 22 heavy (non-hydrogen) atoms. The number of nitrogens with zero attached hydrogens (tertiary/aromatic N) is 1. The van der Waals surface area contributed by atoms with Crippen LogP contribution in [0.25, 0.3) is 0 Å². The van der Waals surface area contributed by atoms with Gasteiger partial charge in [-0.2, -0.15) is 0 Å². The molecule has 0 aromatic heterocycles. The minimum Gasteiger partial charge on any atom is -0.444 e. The van der Waals surface area contributed by atoms with E-state index >= 15 is 0 Å². The number of esters is 1. The van der Waals surface area contributed by atoms with Crippen molar-refractivity contribution in [2.24, 2.45) is 0 Å². The largest absolute Gasteiger partial charge is 0.444 e. The van der Waals surface area contributed by atoms with E-state index in [-0.39, 0.29) is 5.91 Å². The van der Waals surface area contributed by atoms with Crippen LogP contribution >= 0.6 is 0 Å². The van der Waals surface area contributed by atoms with E-state index in [4.69, 9.17) is 4.74 Å². The molecule has 0 aliphatic rings. The van der Waals surface area contributed by atoms with Crippen molar-refractivity contribution in [3.8, 4) is 0 Å². The maximum Gasteiger partial charge on any atom is 0.339 e. The molecule has 0 saturated heterocycles. The number of aryl methyl sites for hydroxylation is 1. The molecular weight excluding hydrogens is 278 g/mol. The van der Waals surface area contributed by atoms with E-state index in [9.17, 15) is 9.59 Å². The highest BCUT2D eigenvalue weighted by Crippen LogP contribution is 2.22. The second-order valence-corrected chi connectivity index (χ2v) is 5.24. The van der Waals surface area contributed by atoms with E-state index in [0.717, 1.165) is 5.56 Å². The van der Waals surface area contributed by atoms with Crippen molar-refractivity contribution in [3.05, 3.63) is 71.3 Å². The molecule has 0 saturated carbocycles. The lowest BCUT2D eigenvalue weighted by Crippen LogP contribution is -2.31. The molecule has 0 radical (unpaired) electrons. The van der Waals surface area contributed by atoms with Gasteiger partial charge in [0.25, 0.3) is 5.91 Å². The van der Waals surface area contributed by atoms with Crippen LogP contribution in [0.3, 0.4) is 0 Å². The summed E-state index contributed by atoms with van der Waals surface area (Å²) in [4.78, 5) is 26.1. The average Bonchev–Trinajstić information content (AvgIpc) is 2.53. The molecule has 4 nitrogen and oxygen atoms in total. The SMILES string of the molecule is Cc1ccccc1C(=O)O[C@@H](C(=O)N(C)C)c1ccccc1. The van der Waals surface area contributed by atoms with Gasteiger partial charge in [-0.1, -0.05) is 48.5 Å². The minimum absolute atomic E-state index is 0.270. The summed E-state index contributed by atoms with van der Waals surface area (Å²) in [6.07, 6.45) is -0.941. The molecule has 0 N–H and O–H groups in total. The van der Waals surface area contributed by atoms with E-state index in [1.807, 2.05) is 37.3 Å². The molecule has 0 aliphatic heterocycles. The van der Waals surface area contributed by atoms with Gasteiger partial charge in [-0.25, -0.2) is 4.79 Å². The molecular formula is C18H19NO3. The fourth-order valence-corrected chi connectivity index (χ4v) is 2.10. The lowest BCUT2D eigenvalue weighted by atomic mass is 10.1. The van der Waals surface area contributed by atoms with Gasteiger partial charge in [0.2, 0.25) is 6.10 Å². The van der Waals surface area contributed by atoms with Gasteiger partial charge in [0.15, 0.2) is 0 Å². The van der Waals surface area contributed by atoms with E-state index in [1.165, 1.54) is 4.90 Å². The third-order valence-electron chi connectivity index (χ3n) is 3.36. The van der Waals surface area contributed by atoms with Gasteiger partial charge in [-0.15, -0.1) is 0 Å². The molecule has 0 bridgehead atoms. The van der Waals surface area contributed by atoms with E-state index < -0.39 is 12.1 Å². The van der Waals surface area contributed by atoms with Crippen LogP contribution in [-0.4, -0.2) is 30.9 Å². The predicted octanol–water partition coefficient (Wildman–Crippen LogP) is 2.98. The quantitative estimate of drug-likeness (QED) is 0.815. The highest BCUT2D eigenvalue weighted by Gasteiger charge is 2.27. The Labute approximate surface area is 130 Å². The molecule has 1 amide bonds. The molecule has 1 atom stereocenters. The van der Waals surface area contributed by atoms with Crippen molar-refractivity contribution in [2.75, 3.05) is 14.1 Å². The number of carbonyl (C=O) groups is 2. The van der Waals surface area contributed by atoms with Gasteiger partial charge in [-0.05, 0) is 18.6 Å². The van der Waals surface area contributed by atoms with Crippen LogP contribution < -0.4 is 0 Å². The predicted molar refractivity (Wildman–Crippen MR) is 84.5 cm³/mol. The van der Waals surface area contributed by atoms with Crippen molar-refractivity contribution < 1.29 is 14.3 Å². The molecule has 0 fully saturated rings. The Morgan fingerprint density at radius 2 is 1.55 bits per heavy atom. The summed E-state index contributed by atoms with van der Waals surface area (Å²) >= 11 is 0. The number of amides is 1. The smallest absolute Gasteiger partial charge is 0.339 e. The van der Waals surface area contributed by atoms with E-state index in [2.05, 4.69) is 0 Å². The molecule has 0 heterocycles. The third kappa shape index (κ3) is 3.52. The van der Waals surface area contributed by atoms with Gasteiger partial charge in [0.1, 0.15) is 0 Å². The first-order valence-corrected chi connectivity index (χ1v) is 7.03. The fourth-order valence-electron chi connectivity index (χ4n) is 2.10. The number of hydrogen-bond donors (Lipinski definition) is 0. The summed E-state index contributed by atoms with van der Waals surface area (Å²) in [5.41, 5.74) is 1.94. The first-order chi connectivity index (χ1) is 10.5. The van der Waals surface area contributed by atoms with Crippen LogP contribution in [0.2, 0.25) is 0 Å². The second-order valence-electron chi connectivity index (χ2n) is 5.24. The molecule has 114 valence electrons. The summed E-state index contributed by atoms with van der Waals surface area (Å²) in [6.45, 7) is 1.84. The van der Waals surface area contributed by atoms with Crippen molar-refractivity contribution in [2.45, 2.75) is 13.0 Å². The summed E-state index contributed by atoms with van der Waals surface area (Å²) < 4.78 is 5.50. The third-order valence-corrected chi connectivity index (χ3v) is 3.36. The topological polar surface area (TPSA) is 46.6 Å². The van der Waals surface area contributed by atoms with Gasteiger partial charge in [0, 0.05) is 19.7 Å². The van der Waals surface area contributed by atoms with E-state index in [0.29, 0.717) is 11.1 Å². The zero-order valence-electron chi connectivity index (χ0n) is 12.9. The molecule has 4 heteroatoms. The summed E-state index contributed by atoms with van der Waals surface area (Å²) in [5, 5.41) is 0. The zero-order chi connectivity index (χ0) is 16.1. The highest BCUT2D eigenvalue weighted by molar-refractivity contribution is 5.93. The van der Waals surface area contributed by atoms with Crippen LogP contribution in [-0.2, 0) is 9.53 Å². The van der Waals surface area contributed by atoms with Crippen molar-refractivity contribution in [1.29, 1.82) is 0 Å². The molecule has 0 aliphatic carbocycles. The highest BCUT2D eigenvalue weighted by atomic mass is 16.5. The van der Waals surface area contributed by atoms with Crippen LogP contribution in [0.15, 0.2) is 54.6 Å². The Morgan fingerprint density at radius 3 is 2.14 bits per heavy atom. The number of rotatable bonds is 4. The number of likely N-dealkylation sites (N-methyl/N-ethyl adjacent to an activating group) is 1. The van der Waals surface area contributed by atoms with Crippen LogP contribution in [0.5, 0.6) is 0 Å². The molecule has 2 rings (SSSR count). The fraction of sp³-hybridized carbons (Fsp3) is 0.222. The zero-order valence-corrected chi connectivity index (χ0v) is 12.9. The maximum atomic E-state index is 12.4. The molecule has 0 spiro atoms. The number of carbonyl (C=O) groups excluding carboxylic acids is 2. The standard InChI is InChI=1S/C18H19NO3/c1-13-9-7-8-12-15(13)18(21)22-16(17(20)19(2)3)14-10-5-4-6-11-14/h4-12,16H,1-3H3/t16-/m1/s1. The van der Waals surface area contributed by atoms with Gasteiger partial charge >= 0.3 is 5.97 Å². The molecule has 0 unspecified atom stereocenters. The normalized spacial score (nSPS) is 11.6. The Kier molecular flexibility index (Phi) is 4.94. The summed E-state index contributed by atoms with van der Waals surface area (Å²) in [7, 11) is 3.28. The first kappa shape index (κ1) is 15.8. The Morgan fingerprint density at radius 1 is 0.955 bits per heavy atom. The number of ether oxygens (including phenoxy) is 1. The summed E-state index contributed by atoms with van der Waals surface area (Å²) in [5.74, 6) is -0.768. The Hall–Kier alpha value is -2.62. The minimum atomic E-state index is -0.941. The van der Waals surface area contributed by atoms with Crippen molar-refractivity contribution in [1.82, 2.24) is 4.90 Å². The van der Waals surface area contributed by atoms with Crippen LogP contribution in [0.4, 0.5) is 0 Å². The van der Waals surface area contributed by atoms with E-state index in [1.54, 1.807) is 38.4 Å². The van der Waals surface area contributed by atoms with Crippen LogP contribution in [0, 0.1) is 6.92 Å². The summed E-state index contributed by atoms with van der Waals surface area (Å²) in [6, 6.07) is 16.2. The lowest BCUT2D eigenvalue weighted by Gasteiger charge is -2.21. The first-order valence-electron chi connectivity index (χ1n) is 7.03.